The molecule has 34 heavy (non-hydrogen) atoms. The van der Waals surface area contributed by atoms with Crippen molar-refractivity contribution >= 4 is 0 Å². The lowest BCUT2D eigenvalue weighted by Gasteiger charge is -2.21. The van der Waals surface area contributed by atoms with Crippen molar-refractivity contribution in [3.63, 3.8) is 0 Å². The number of hydrogen-bond acceptors (Lipinski definition) is 4. The van der Waals surface area contributed by atoms with Crippen LogP contribution in [-0.4, -0.2) is 39.1 Å². The van der Waals surface area contributed by atoms with E-state index in [0.717, 1.165) is 37.2 Å². The number of aryl methyl sites for hydroxylation is 2. The van der Waals surface area contributed by atoms with Crippen LogP contribution >= 0.6 is 0 Å². The molecule has 5 rings (SSSR count). The third-order valence-electron chi connectivity index (χ3n) is 7.22. The zero-order valence-electron chi connectivity index (χ0n) is 18.7. The Hall–Kier alpha value is -3.20. The Morgan fingerprint density at radius 1 is 1.12 bits per heavy atom. The van der Waals surface area contributed by atoms with Gasteiger partial charge in [0.1, 0.15) is 0 Å². The standard InChI is InChI=1S/C25H25F3N4O2/c1-16-7-8-29-12-20(16)21-14-32(23(34)30-22(21)33)10-2-9-31-13-19-11-24(19,15-31)17-3-5-18(6-4-17)25(26,27)28/h3-8,12,14,19H,2,9-11,13,15H2,1H3,(H,30,33,34)/t19-,24+/m0/s1. The van der Waals surface area contributed by atoms with Gasteiger partial charge in [-0.2, -0.15) is 13.2 Å². The SMILES string of the molecule is Cc1ccncc1-c1cn(CCCN2C[C@@H]3C[C@]3(c3ccc(C(F)(F)F)cc3)C2)c(=O)[nH]c1=O. The molecule has 3 aromatic rings. The van der Waals surface area contributed by atoms with Gasteiger partial charge in [0.2, 0.25) is 0 Å². The second-order valence-electron chi connectivity index (χ2n) is 9.41. The van der Waals surface area contributed by atoms with E-state index >= 15 is 0 Å². The number of H-pyrrole nitrogens is 1. The molecule has 1 saturated heterocycles. The highest BCUT2D eigenvalue weighted by atomic mass is 19.4. The second kappa shape index (κ2) is 8.23. The third-order valence-corrected chi connectivity index (χ3v) is 7.22. The number of hydrogen-bond donors (Lipinski definition) is 1. The van der Waals surface area contributed by atoms with Crippen LogP contribution in [-0.2, 0) is 18.1 Å². The molecule has 2 aliphatic rings. The molecule has 1 N–H and O–H groups in total. The molecule has 0 unspecified atom stereocenters. The van der Waals surface area contributed by atoms with Crippen molar-refractivity contribution in [2.24, 2.45) is 5.92 Å². The van der Waals surface area contributed by atoms with E-state index in [4.69, 9.17) is 0 Å². The first kappa shape index (κ1) is 22.6. The largest absolute Gasteiger partial charge is 0.416 e. The molecule has 6 nitrogen and oxygen atoms in total. The van der Waals surface area contributed by atoms with Gasteiger partial charge in [0.15, 0.2) is 0 Å². The quantitative estimate of drug-likeness (QED) is 0.598. The van der Waals surface area contributed by atoms with E-state index in [1.54, 1.807) is 30.7 Å². The summed E-state index contributed by atoms with van der Waals surface area (Å²) >= 11 is 0. The maximum absolute atomic E-state index is 12.9. The number of alkyl halides is 3. The molecule has 2 aromatic heterocycles. The lowest BCUT2D eigenvalue weighted by Crippen LogP contribution is -2.32. The summed E-state index contributed by atoms with van der Waals surface area (Å²) in [7, 11) is 0. The summed E-state index contributed by atoms with van der Waals surface area (Å²) in [6.45, 7) is 4.82. The Morgan fingerprint density at radius 3 is 2.59 bits per heavy atom. The first-order valence-corrected chi connectivity index (χ1v) is 11.3. The molecule has 1 aromatic carbocycles. The van der Waals surface area contributed by atoms with Crippen LogP contribution in [0.15, 0.2) is 58.5 Å². The van der Waals surface area contributed by atoms with Crippen LogP contribution in [0.3, 0.4) is 0 Å². The van der Waals surface area contributed by atoms with Gasteiger partial charge in [-0.15, -0.1) is 0 Å². The van der Waals surface area contributed by atoms with Crippen molar-refractivity contribution in [2.75, 3.05) is 19.6 Å². The monoisotopic (exact) mass is 470 g/mol. The van der Waals surface area contributed by atoms with Crippen molar-refractivity contribution in [3.8, 4) is 11.1 Å². The van der Waals surface area contributed by atoms with Crippen LogP contribution in [0.2, 0.25) is 0 Å². The highest BCUT2D eigenvalue weighted by molar-refractivity contribution is 5.64. The van der Waals surface area contributed by atoms with E-state index in [-0.39, 0.29) is 5.41 Å². The molecular weight excluding hydrogens is 445 g/mol. The predicted molar refractivity (Wildman–Crippen MR) is 122 cm³/mol. The average Bonchev–Trinajstić information content (AvgIpc) is 3.37. The van der Waals surface area contributed by atoms with Crippen molar-refractivity contribution < 1.29 is 13.2 Å². The average molecular weight is 470 g/mol. The van der Waals surface area contributed by atoms with E-state index in [1.807, 2.05) is 13.0 Å². The first-order valence-electron chi connectivity index (χ1n) is 11.3. The molecule has 0 amide bonds. The molecule has 0 spiro atoms. The Bertz CT molecular complexity index is 1330. The molecule has 0 radical (unpaired) electrons. The van der Waals surface area contributed by atoms with Crippen molar-refractivity contribution in [3.05, 3.63) is 86.5 Å². The van der Waals surface area contributed by atoms with Crippen molar-refractivity contribution in [1.29, 1.82) is 0 Å². The maximum Gasteiger partial charge on any atom is 0.416 e. The number of nitrogens with one attached hydrogen (secondary N) is 1. The molecule has 2 fully saturated rings. The smallest absolute Gasteiger partial charge is 0.302 e. The number of nitrogens with zero attached hydrogens (tertiary/aromatic N) is 3. The summed E-state index contributed by atoms with van der Waals surface area (Å²) in [5.41, 5.74) is 1.42. The number of aromatic nitrogens is 3. The molecule has 1 saturated carbocycles. The lowest BCUT2D eigenvalue weighted by molar-refractivity contribution is -0.137. The topological polar surface area (TPSA) is 71.0 Å². The molecule has 178 valence electrons. The summed E-state index contributed by atoms with van der Waals surface area (Å²) in [6.07, 6.45) is 2.26. The molecule has 1 aliphatic carbocycles. The van der Waals surface area contributed by atoms with Crippen LogP contribution in [0.25, 0.3) is 11.1 Å². The number of likely N-dealkylation sites (tertiary alicyclic amines) is 1. The van der Waals surface area contributed by atoms with Crippen LogP contribution in [0.5, 0.6) is 0 Å². The van der Waals surface area contributed by atoms with Gasteiger partial charge in [-0.05, 0) is 61.6 Å². The summed E-state index contributed by atoms with van der Waals surface area (Å²) in [5.74, 6) is 0.459. The minimum atomic E-state index is -4.32. The lowest BCUT2D eigenvalue weighted by atomic mass is 9.94. The molecular formula is C25H25F3N4O2. The van der Waals surface area contributed by atoms with Crippen molar-refractivity contribution in [2.45, 2.75) is 37.9 Å². The number of fused-ring (bicyclic) bond motifs is 1. The minimum absolute atomic E-state index is 0.0516. The Balaban J connectivity index is 1.23. The van der Waals surface area contributed by atoms with Crippen LogP contribution in [0.1, 0.15) is 29.5 Å². The van der Waals surface area contributed by atoms with E-state index < -0.39 is 23.0 Å². The van der Waals surface area contributed by atoms with Gasteiger partial charge in [-0.1, -0.05) is 12.1 Å². The minimum Gasteiger partial charge on any atom is -0.302 e. The summed E-state index contributed by atoms with van der Waals surface area (Å²) in [5, 5.41) is 0. The zero-order valence-corrected chi connectivity index (χ0v) is 18.7. The van der Waals surface area contributed by atoms with Gasteiger partial charge in [-0.25, -0.2) is 4.79 Å². The molecule has 1 aliphatic heterocycles. The highest BCUT2D eigenvalue weighted by Gasteiger charge is 2.60. The number of pyridine rings is 1. The molecule has 3 heterocycles. The van der Waals surface area contributed by atoms with Gasteiger partial charge >= 0.3 is 11.9 Å². The second-order valence-corrected chi connectivity index (χ2v) is 9.41. The molecule has 0 bridgehead atoms. The van der Waals surface area contributed by atoms with Crippen LogP contribution in [0.4, 0.5) is 13.2 Å². The fourth-order valence-electron chi connectivity index (χ4n) is 5.27. The van der Waals surface area contributed by atoms with Crippen molar-refractivity contribution in [1.82, 2.24) is 19.4 Å². The van der Waals surface area contributed by atoms with Gasteiger partial charge in [0.25, 0.3) is 5.56 Å². The zero-order chi connectivity index (χ0) is 24.1. The Kier molecular flexibility index (Phi) is 5.47. The summed E-state index contributed by atoms with van der Waals surface area (Å²) in [4.78, 5) is 33.5. The molecule has 9 heteroatoms. The highest BCUT2D eigenvalue weighted by Crippen LogP contribution is 2.59. The molecule has 2 atom stereocenters. The number of piperidine rings is 1. The van der Waals surface area contributed by atoms with Crippen LogP contribution < -0.4 is 11.2 Å². The first-order chi connectivity index (χ1) is 16.2. The fraction of sp³-hybridized carbons (Fsp3) is 0.400. The summed E-state index contributed by atoms with van der Waals surface area (Å²) < 4.78 is 40.2. The summed E-state index contributed by atoms with van der Waals surface area (Å²) in [6, 6.07) is 7.40. The number of aromatic amines is 1. The van der Waals surface area contributed by atoms with Gasteiger partial charge in [-0.3, -0.25) is 19.3 Å². The number of halogens is 3. The normalized spacial score (nSPS) is 22.1. The van der Waals surface area contributed by atoms with E-state index in [9.17, 15) is 22.8 Å². The van der Waals surface area contributed by atoms with E-state index in [0.29, 0.717) is 30.0 Å². The number of rotatable bonds is 6. The van der Waals surface area contributed by atoms with Gasteiger partial charge in [0, 0.05) is 49.2 Å². The fourth-order valence-corrected chi connectivity index (χ4v) is 5.27. The Morgan fingerprint density at radius 2 is 1.88 bits per heavy atom. The maximum atomic E-state index is 12.9. The number of benzene rings is 1. The van der Waals surface area contributed by atoms with E-state index in [2.05, 4.69) is 14.9 Å². The van der Waals surface area contributed by atoms with Gasteiger partial charge < -0.3 is 4.90 Å². The van der Waals surface area contributed by atoms with Gasteiger partial charge in [0.05, 0.1) is 11.1 Å². The van der Waals surface area contributed by atoms with Crippen LogP contribution in [0, 0.1) is 12.8 Å². The predicted octanol–water partition coefficient (Wildman–Crippen LogP) is 3.59. The third kappa shape index (κ3) is 4.09. The van der Waals surface area contributed by atoms with E-state index in [1.165, 1.54) is 16.7 Å². The Labute approximate surface area is 194 Å².